The normalized spacial score (nSPS) is 18.5. The second-order valence-corrected chi connectivity index (χ2v) is 6.31. The standard InChI is InChI=1S/C18H16N4O4/c23-18(22-7-1-2-14(22)12-5-6-19-20-12)13-9-16(26-21-13)11-3-4-15-17(8-11)25-10-24-15/h3-6,8-9,14H,1-2,7,10H2,(H,19,20). The van der Waals surface area contributed by atoms with E-state index in [0.29, 0.717) is 29.5 Å². The molecule has 1 N–H and O–H groups in total. The fourth-order valence-electron chi connectivity index (χ4n) is 3.49. The Bertz CT molecular complexity index is 950. The van der Waals surface area contributed by atoms with E-state index >= 15 is 0 Å². The molecule has 0 radical (unpaired) electrons. The summed E-state index contributed by atoms with van der Waals surface area (Å²) >= 11 is 0. The van der Waals surface area contributed by atoms with E-state index in [4.69, 9.17) is 14.0 Å². The third-order valence-electron chi connectivity index (χ3n) is 4.78. The average molecular weight is 352 g/mol. The van der Waals surface area contributed by atoms with Crippen LogP contribution >= 0.6 is 0 Å². The molecule has 26 heavy (non-hydrogen) atoms. The van der Waals surface area contributed by atoms with E-state index in [0.717, 1.165) is 24.1 Å². The molecule has 4 heterocycles. The number of rotatable bonds is 3. The third-order valence-corrected chi connectivity index (χ3v) is 4.78. The number of hydrogen-bond donors (Lipinski definition) is 1. The van der Waals surface area contributed by atoms with Gasteiger partial charge in [0.25, 0.3) is 5.91 Å². The van der Waals surface area contributed by atoms with Crippen molar-refractivity contribution in [1.82, 2.24) is 20.3 Å². The number of fused-ring (bicyclic) bond motifs is 1. The Kier molecular flexibility index (Phi) is 3.41. The summed E-state index contributed by atoms with van der Waals surface area (Å²) in [6, 6.07) is 9.05. The number of amides is 1. The topological polar surface area (TPSA) is 93.5 Å². The van der Waals surface area contributed by atoms with Crippen LogP contribution in [0.2, 0.25) is 0 Å². The van der Waals surface area contributed by atoms with Gasteiger partial charge >= 0.3 is 0 Å². The average Bonchev–Trinajstić information content (AvgIpc) is 3.47. The highest BCUT2D eigenvalue weighted by Crippen LogP contribution is 2.36. The first kappa shape index (κ1) is 15.0. The SMILES string of the molecule is O=C(c1cc(-c2ccc3c(c2)OCO3)on1)N1CCCC1c1ccn[nH]1. The summed E-state index contributed by atoms with van der Waals surface area (Å²) in [4.78, 5) is 14.7. The molecule has 1 atom stereocenters. The molecule has 2 aliphatic rings. The lowest BCUT2D eigenvalue weighted by Crippen LogP contribution is -2.31. The van der Waals surface area contributed by atoms with Gasteiger partial charge in [-0.25, -0.2) is 0 Å². The van der Waals surface area contributed by atoms with Gasteiger partial charge in [-0.15, -0.1) is 0 Å². The molecule has 0 aliphatic carbocycles. The van der Waals surface area contributed by atoms with Gasteiger partial charge < -0.3 is 18.9 Å². The lowest BCUT2D eigenvalue weighted by Gasteiger charge is -2.22. The fraction of sp³-hybridized carbons (Fsp3) is 0.278. The maximum absolute atomic E-state index is 12.9. The zero-order valence-electron chi connectivity index (χ0n) is 13.8. The number of carbonyl (C=O) groups is 1. The highest BCUT2D eigenvalue weighted by Gasteiger charge is 2.33. The zero-order chi connectivity index (χ0) is 17.5. The molecule has 0 saturated carbocycles. The molecule has 1 unspecified atom stereocenters. The Balaban J connectivity index is 1.40. The number of nitrogens with zero attached hydrogens (tertiary/aromatic N) is 3. The van der Waals surface area contributed by atoms with Gasteiger partial charge in [-0.1, -0.05) is 5.16 Å². The highest BCUT2D eigenvalue weighted by atomic mass is 16.7. The summed E-state index contributed by atoms with van der Waals surface area (Å²) < 4.78 is 16.1. The van der Waals surface area contributed by atoms with Crippen molar-refractivity contribution in [2.75, 3.05) is 13.3 Å². The first-order chi connectivity index (χ1) is 12.8. The molecule has 1 amide bonds. The summed E-state index contributed by atoms with van der Waals surface area (Å²) in [6.45, 7) is 0.900. The summed E-state index contributed by atoms with van der Waals surface area (Å²) in [5, 5.41) is 10.9. The summed E-state index contributed by atoms with van der Waals surface area (Å²) in [5.41, 5.74) is 2.02. The van der Waals surface area contributed by atoms with E-state index in [1.54, 1.807) is 12.3 Å². The number of ether oxygens (including phenoxy) is 2. The molecule has 0 bridgehead atoms. The molecule has 132 valence electrons. The van der Waals surface area contributed by atoms with E-state index in [1.807, 2.05) is 29.2 Å². The van der Waals surface area contributed by atoms with Crippen molar-refractivity contribution >= 4 is 5.91 Å². The first-order valence-corrected chi connectivity index (χ1v) is 8.46. The van der Waals surface area contributed by atoms with Crippen molar-refractivity contribution in [2.24, 2.45) is 0 Å². The monoisotopic (exact) mass is 352 g/mol. The Morgan fingerprint density at radius 1 is 1.19 bits per heavy atom. The number of aromatic amines is 1. The Labute approximate surface area is 148 Å². The van der Waals surface area contributed by atoms with E-state index < -0.39 is 0 Å². The number of aromatic nitrogens is 3. The van der Waals surface area contributed by atoms with Crippen LogP contribution in [0.1, 0.15) is 35.1 Å². The maximum atomic E-state index is 12.9. The summed E-state index contributed by atoms with van der Waals surface area (Å²) in [5.74, 6) is 1.73. The van der Waals surface area contributed by atoms with Crippen LogP contribution in [-0.4, -0.2) is 39.5 Å². The highest BCUT2D eigenvalue weighted by molar-refractivity contribution is 5.93. The molecule has 0 spiro atoms. The largest absolute Gasteiger partial charge is 0.454 e. The molecule has 1 saturated heterocycles. The Morgan fingerprint density at radius 3 is 3.00 bits per heavy atom. The molecule has 2 aliphatic heterocycles. The molecule has 2 aromatic heterocycles. The molecule has 3 aromatic rings. The summed E-state index contributed by atoms with van der Waals surface area (Å²) in [7, 11) is 0. The van der Waals surface area contributed by atoms with Gasteiger partial charge in [0.1, 0.15) is 0 Å². The predicted molar refractivity (Wildman–Crippen MR) is 89.7 cm³/mol. The second kappa shape index (κ2) is 5.91. The van der Waals surface area contributed by atoms with Crippen LogP contribution in [0.25, 0.3) is 11.3 Å². The fourth-order valence-corrected chi connectivity index (χ4v) is 3.49. The lowest BCUT2D eigenvalue weighted by atomic mass is 10.1. The molecular formula is C18H16N4O4. The molecule has 1 aromatic carbocycles. The lowest BCUT2D eigenvalue weighted by molar-refractivity contribution is 0.0722. The number of H-pyrrole nitrogens is 1. The molecule has 8 nitrogen and oxygen atoms in total. The number of likely N-dealkylation sites (tertiary alicyclic amines) is 1. The van der Waals surface area contributed by atoms with Crippen LogP contribution in [0, 0.1) is 0 Å². The number of hydrogen-bond acceptors (Lipinski definition) is 6. The van der Waals surface area contributed by atoms with Crippen LogP contribution in [0.15, 0.2) is 41.1 Å². The predicted octanol–water partition coefficient (Wildman–Crippen LogP) is 2.77. The van der Waals surface area contributed by atoms with Crippen LogP contribution < -0.4 is 9.47 Å². The van der Waals surface area contributed by atoms with Gasteiger partial charge in [-0.2, -0.15) is 5.10 Å². The minimum absolute atomic E-state index is 0.00399. The number of carbonyl (C=O) groups excluding carboxylic acids is 1. The van der Waals surface area contributed by atoms with Gasteiger partial charge in [-0.3, -0.25) is 9.89 Å². The van der Waals surface area contributed by atoms with Crippen LogP contribution in [0.3, 0.4) is 0 Å². The second-order valence-electron chi connectivity index (χ2n) is 6.31. The van der Waals surface area contributed by atoms with E-state index in [-0.39, 0.29) is 18.7 Å². The van der Waals surface area contributed by atoms with Crippen LogP contribution in [0.5, 0.6) is 11.5 Å². The van der Waals surface area contributed by atoms with Crippen LogP contribution in [-0.2, 0) is 0 Å². The van der Waals surface area contributed by atoms with E-state index in [2.05, 4.69) is 15.4 Å². The van der Waals surface area contributed by atoms with Gasteiger partial charge in [-0.05, 0) is 37.1 Å². The van der Waals surface area contributed by atoms with E-state index in [1.165, 1.54) is 0 Å². The van der Waals surface area contributed by atoms with Gasteiger partial charge in [0.15, 0.2) is 23.0 Å². The number of benzene rings is 1. The maximum Gasteiger partial charge on any atom is 0.276 e. The minimum atomic E-state index is -0.141. The third kappa shape index (κ3) is 2.42. The van der Waals surface area contributed by atoms with E-state index in [9.17, 15) is 4.79 Å². The van der Waals surface area contributed by atoms with Crippen molar-refractivity contribution < 1.29 is 18.8 Å². The van der Waals surface area contributed by atoms with Crippen molar-refractivity contribution in [1.29, 1.82) is 0 Å². The molecule has 5 rings (SSSR count). The van der Waals surface area contributed by atoms with Gasteiger partial charge in [0.05, 0.1) is 11.7 Å². The zero-order valence-corrected chi connectivity index (χ0v) is 13.8. The summed E-state index contributed by atoms with van der Waals surface area (Å²) in [6.07, 6.45) is 3.55. The van der Waals surface area contributed by atoms with Crippen LogP contribution in [0.4, 0.5) is 0 Å². The van der Waals surface area contributed by atoms with Gasteiger partial charge in [0.2, 0.25) is 6.79 Å². The first-order valence-electron chi connectivity index (χ1n) is 8.46. The van der Waals surface area contributed by atoms with Gasteiger partial charge in [0, 0.05) is 24.4 Å². The Morgan fingerprint density at radius 2 is 2.12 bits per heavy atom. The quantitative estimate of drug-likeness (QED) is 0.779. The molecule has 8 heteroatoms. The Hall–Kier alpha value is -3.29. The van der Waals surface area contributed by atoms with Crippen molar-refractivity contribution in [3.05, 3.63) is 47.9 Å². The molecular weight excluding hydrogens is 336 g/mol. The molecule has 1 fully saturated rings. The minimum Gasteiger partial charge on any atom is -0.454 e. The smallest absolute Gasteiger partial charge is 0.276 e. The van der Waals surface area contributed by atoms with Crippen molar-refractivity contribution in [2.45, 2.75) is 18.9 Å². The number of nitrogens with one attached hydrogen (secondary N) is 1. The van der Waals surface area contributed by atoms with Crippen molar-refractivity contribution in [3.63, 3.8) is 0 Å². The van der Waals surface area contributed by atoms with Crippen molar-refractivity contribution in [3.8, 4) is 22.8 Å².